The molecule has 1 aromatic heterocycles. The number of thioether (sulfide) groups is 1. The van der Waals surface area contributed by atoms with Crippen molar-refractivity contribution in [3.63, 3.8) is 0 Å². The highest BCUT2D eigenvalue weighted by atomic mass is 32.2. The lowest BCUT2D eigenvalue weighted by atomic mass is 9.62. The molecule has 3 aromatic rings. The van der Waals surface area contributed by atoms with Crippen LogP contribution in [-0.2, 0) is 24.1 Å². The highest BCUT2D eigenvalue weighted by Gasteiger charge is 2.43. The Bertz CT molecular complexity index is 1270. The summed E-state index contributed by atoms with van der Waals surface area (Å²) in [4.78, 5) is 19.4. The van der Waals surface area contributed by atoms with E-state index in [1.165, 1.54) is 36.0 Å². The minimum absolute atomic E-state index is 0.0808. The van der Waals surface area contributed by atoms with Crippen LogP contribution in [0, 0.1) is 6.92 Å². The summed E-state index contributed by atoms with van der Waals surface area (Å²) in [6.45, 7) is 8.75. The van der Waals surface area contributed by atoms with Gasteiger partial charge in [-0.05, 0) is 44.2 Å². The third-order valence-corrected chi connectivity index (χ3v) is 8.20. The highest BCUT2D eigenvalue weighted by Crippen LogP contribution is 2.48. The maximum absolute atomic E-state index is 14.2. The molecule has 170 valence electrons. The summed E-state index contributed by atoms with van der Waals surface area (Å²) in [7, 11) is 0. The normalized spacial score (nSPS) is 16.3. The zero-order valence-electron chi connectivity index (χ0n) is 19.7. The van der Waals surface area contributed by atoms with Crippen molar-refractivity contribution in [2.24, 2.45) is 0 Å². The van der Waals surface area contributed by atoms with E-state index in [9.17, 15) is 4.79 Å². The Balaban J connectivity index is 1.67. The standard InChI is InChI=1S/C29H32N2OS/c1-20(2)18-31-27(32)25-26(30-28(31)33-19-22-11-9-10-21(3)16-22)24-13-6-5-12-23(24)17-29(25)14-7-4-8-15-29/h5-6,9-13,16H,1,4,7-8,14-15,17-19H2,2-3H3. The van der Waals surface area contributed by atoms with Gasteiger partial charge in [-0.1, -0.05) is 97.3 Å². The zero-order chi connectivity index (χ0) is 23.0. The van der Waals surface area contributed by atoms with E-state index in [0.29, 0.717) is 6.54 Å². The molecule has 3 nitrogen and oxygen atoms in total. The minimum atomic E-state index is -0.0808. The fourth-order valence-electron chi connectivity index (χ4n) is 5.69. The first-order chi connectivity index (χ1) is 16.0. The van der Waals surface area contributed by atoms with Gasteiger partial charge in [0.25, 0.3) is 5.56 Å². The summed E-state index contributed by atoms with van der Waals surface area (Å²) >= 11 is 1.66. The Morgan fingerprint density at radius 3 is 2.67 bits per heavy atom. The van der Waals surface area contributed by atoms with E-state index in [2.05, 4.69) is 62.0 Å². The number of nitrogens with zero attached hydrogens (tertiary/aromatic N) is 2. The van der Waals surface area contributed by atoms with Crippen molar-refractivity contribution in [1.82, 2.24) is 9.55 Å². The van der Waals surface area contributed by atoms with Crippen LogP contribution < -0.4 is 5.56 Å². The second kappa shape index (κ2) is 8.98. The van der Waals surface area contributed by atoms with E-state index in [-0.39, 0.29) is 11.0 Å². The molecule has 2 aliphatic carbocycles. The Kier molecular flexibility index (Phi) is 6.05. The maximum atomic E-state index is 14.2. The van der Waals surface area contributed by atoms with E-state index in [0.717, 1.165) is 52.6 Å². The van der Waals surface area contributed by atoms with Crippen molar-refractivity contribution in [3.8, 4) is 11.3 Å². The second-order valence-corrected chi connectivity index (χ2v) is 10.9. The summed E-state index contributed by atoms with van der Waals surface area (Å²) in [5, 5.41) is 0.797. The van der Waals surface area contributed by atoms with Gasteiger partial charge in [0.05, 0.1) is 11.3 Å². The largest absolute Gasteiger partial charge is 0.283 e. The average molecular weight is 457 g/mol. The number of fused-ring (bicyclic) bond motifs is 4. The van der Waals surface area contributed by atoms with Crippen LogP contribution in [0.25, 0.3) is 11.3 Å². The smallest absolute Gasteiger partial charge is 0.258 e. The zero-order valence-corrected chi connectivity index (χ0v) is 20.5. The number of benzene rings is 2. The average Bonchev–Trinajstić information content (AvgIpc) is 2.80. The first kappa shape index (κ1) is 22.2. The van der Waals surface area contributed by atoms with Crippen LogP contribution in [0.15, 0.2) is 70.6 Å². The molecule has 0 saturated heterocycles. The number of hydrogen-bond donors (Lipinski definition) is 0. The van der Waals surface area contributed by atoms with E-state index in [4.69, 9.17) is 4.98 Å². The van der Waals surface area contributed by atoms with E-state index in [1.807, 2.05) is 11.5 Å². The van der Waals surface area contributed by atoms with Gasteiger partial charge in [-0.3, -0.25) is 9.36 Å². The van der Waals surface area contributed by atoms with Crippen LogP contribution in [0.2, 0.25) is 0 Å². The number of hydrogen-bond acceptors (Lipinski definition) is 3. The molecule has 5 rings (SSSR count). The van der Waals surface area contributed by atoms with Crippen molar-refractivity contribution in [3.05, 3.63) is 93.3 Å². The first-order valence-corrected chi connectivity index (χ1v) is 13.0. The van der Waals surface area contributed by atoms with E-state index in [1.54, 1.807) is 11.8 Å². The summed E-state index contributed by atoms with van der Waals surface area (Å²) in [5.41, 5.74) is 7.90. The Hall–Kier alpha value is -2.59. The molecule has 0 bridgehead atoms. The molecule has 2 aliphatic rings. The summed E-state index contributed by atoms with van der Waals surface area (Å²) < 4.78 is 1.89. The van der Waals surface area contributed by atoms with Crippen molar-refractivity contribution < 1.29 is 0 Å². The molecular weight excluding hydrogens is 424 g/mol. The van der Waals surface area contributed by atoms with Gasteiger partial charge in [-0.2, -0.15) is 0 Å². The van der Waals surface area contributed by atoms with E-state index < -0.39 is 0 Å². The van der Waals surface area contributed by atoms with Gasteiger partial charge in [0.1, 0.15) is 0 Å². The van der Waals surface area contributed by atoms with Crippen molar-refractivity contribution in [2.45, 2.75) is 75.2 Å². The molecule has 1 fully saturated rings. The van der Waals surface area contributed by atoms with E-state index >= 15 is 0 Å². The van der Waals surface area contributed by atoms with Crippen LogP contribution in [0.4, 0.5) is 0 Å². The molecule has 0 radical (unpaired) electrons. The van der Waals surface area contributed by atoms with Gasteiger partial charge >= 0.3 is 0 Å². The monoisotopic (exact) mass is 456 g/mol. The molecule has 1 spiro atoms. The Morgan fingerprint density at radius 2 is 1.91 bits per heavy atom. The van der Waals surface area contributed by atoms with Crippen LogP contribution in [0.5, 0.6) is 0 Å². The fraction of sp³-hybridized carbons (Fsp3) is 0.379. The second-order valence-electron chi connectivity index (χ2n) is 9.92. The molecule has 0 N–H and O–H groups in total. The molecule has 1 heterocycles. The maximum Gasteiger partial charge on any atom is 0.258 e. The van der Waals surface area contributed by atoms with Gasteiger partial charge in [0.15, 0.2) is 5.16 Å². The van der Waals surface area contributed by atoms with Crippen molar-refractivity contribution >= 4 is 11.8 Å². The number of aryl methyl sites for hydroxylation is 1. The predicted octanol–water partition coefficient (Wildman–Crippen LogP) is 6.85. The fourth-order valence-corrected chi connectivity index (χ4v) is 6.63. The molecular formula is C29H32N2OS. The topological polar surface area (TPSA) is 34.9 Å². The SMILES string of the molecule is C=C(C)Cn1c(SCc2cccc(C)c2)nc2c(c1=O)C1(CCCCC1)Cc1ccccc1-2. The Labute approximate surface area is 201 Å². The lowest BCUT2D eigenvalue weighted by molar-refractivity contribution is 0.282. The molecule has 4 heteroatoms. The third kappa shape index (κ3) is 4.21. The molecule has 1 saturated carbocycles. The van der Waals surface area contributed by atoms with Crippen LogP contribution >= 0.6 is 11.8 Å². The molecule has 0 amide bonds. The lowest BCUT2D eigenvalue weighted by Crippen LogP contribution is -2.43. The molecule has 2 aromatic carbocycles. The van der Waals surface area contributed by atoms with Crippen LogP contribution in [0.1, 0.15) is 61.3 Å². The van der Waals surface area contributed by atoms with Crippen molar-refractivity contribution in [1.29, 1.82) is 0 Å². The van der Waals surface area contributed by atoms with Crippen molar-refractivity contribution in [2.75, 3.05) is 0 Å². The molecule has 0 aliphatic heterocycles. The third-order valence-electron chi connectivity index (χ3n) is 7.15. The molecule has 0 unspecified atom stereocenters. The predicted molar refractivity (Wildman–Crippen MR) is 138 cm³/mol. The van der Waals surface area contributed by atoms with Gasteiger partial charge in [0.2, 0.25) is 0 Å². The van der Waals surface area contributed by atoms with Gasteiger partial charge in [0, 0.05) is 23.3 Å². The molecule has 0 atom stereocenters. The number of rotatable bonds is 5. The number of aromatic nitrogens is 2. The highest BCUT2D eigenvalue weighted by molar-refractivity contribution is 7.98. The lowest BCUT2D eigenvalue weighted by Gasteiger charge is -2.42. The quantitative estimate of drug-likeness (QED) is 0.239. The van der Waals surface area contributed by atoms with Gasteiger partial charge in [-0.25, -0.2) is 4.98 Å². The number of allylic oxidation sites excluding steroid dienone is 1. The van der Waals surface area contributed by atoms with Gasteiger partial charge < -0.3 is 0 Å². The molecule has 33 heavy (non-hydrogen) atoms. The summed E-state index contributed by atoms with van der Waals surface area (Å²) in [6.07, 6.45) is 6.74. The van der Waals surface area contributed by atoms with Gasteiger partial charge in [-0.15, -0.1) is 0 Å². The summed E-state index contributed by atoms with van der Waals surface area (Å²) in [5.74, 6) is 0.788. The van der Waals surface area contributed by atoms with Crippen LogP contribution in [0.3, 0.4) is 0 Å². The summed E-state index contributed by atoms with van der Waals surface area (Å²) in [6, 6.07) is 17.1. The van der Waals surface area contributed by atoms with Crippen LogP contribution in [-0.4, -0.2) is 9.55 Å². The first-order valence-electron chi connectivity index (χ1n) is 12.0. The minimum Gasteiger partial charge on any atom is -0.283 e. The Morgan fingerprint density at radius 1 is 1.12 bits per heavy atom.